The molecule has 4 aromatic carbocycles. The van der Waals surface area contributed by atoms with Gasteiger partial charge in [-0.15, -0.1) is 0 Å². The first-order valence-corrected chi connectivity index (χ1v) is 12.1. The monoisotopic (exact) mass is 523 g/mol. The van der Waals surface area contributed by atoms with Crippen LogP contribution in [0.4, 0.5) is 0 Å². The van der Waals surface area contributed by atoms with E-state index < -0.39 is 11.9 Å². The number of aromatic amines is 1. The van der Waals surface area contributed by atoms with E-state index in [4.69, 9.17) is 21.1 Å². The van der Waals surface area contributed by atoms with Crippen LogP contribution in [0.1, 0.15) is 26.4 Å². The lowest BCUT2D eigenvalue weighted by molar-refractivity contribution is 0.0733. The van der Waals surface area contributed by atoms with Crippen LogP contribution in [0.2, 0.25) is 5.02 Å². The highest BCUT2D eigenvalue weighted by molar-refractivity contribution is 6.34. The fourth-order valence-corrected chi connectivity index (χ4v) is 4.29. The third kappa shape index (κ3) is 5.14. The fraction of sp³-hybridized carbons (Fsp3) is 0.0333. The van der Waals surface area contributed by atoms with Gasteiger partial charge >= 0.3 is 5.97 Å². The molecule has 1 aromatic heterocycles. The molecule has 2 N–H and O–H groups in total. The second-order valence-electron chi connectivity index (χ2n) is 8.26. The smallest absolute Gasteiger partial charge is 0.343 e. The summed E-state index contributed by atoms with van der Waals surface area (Å²) < 4.78 is 10.8. The van der Waals surface area contributed by atoms with Crippen molar-refractivity contribution < 1.29 is 19.1 Å². The highest BCUT2D eigenvalue weighted by Crippen LogP contribution is 2.36. The van der Waals surface area contributed by atoms with E-state index in [-0.39, 0.29) is 0 Å². The molecule has 0 radical (unpaired) electrons. The number of amides is 1. The molecule has 5 rings (SSSR count). The van der Waals surface area contributed by atoms with Crippen LogP contribution in [0, 0.1) is 0 Å². The van der Waals surface area contributed by atoms with E-state index in [1.165, 1.54) is 13.3 Å². The maximum absolute atomic E-state index is 13.2. The Morgan fingerprint density at radius 3 is 2.53 bits per heavy atom. The summed E-state index contributed by atoms with van der Waals surface area (Å²) in [6.07, 6.45) is 1.42. The minimum Gasteiger partial charge on any atom is -0.497 e. The van der Waals surface area contributed by atoms with E-state index in [1.807, 2.05) is 42.5 Å². The fourth-order valence-electron chi connectivity index (χ4n) is 4.06. The zero-order valence-corrected chi connectivity index (χ0v) is 21.0. The SMILES string of the molecule is COc1cccc(C(=O)Oc2ccccc2C=NNC(=O)c2[nH]c3ccccc3c2-c2ccccc2Cl)c1. The second-order valence-corrected chi connectivity index (χ2v) is 8.67. The second kappa shape index (κ2) is 11.0. The Morgan fingerprint density at radius 2 is 1.68 bits per heavy atom. The average molecular weight is 524 g/mol. The number of ether oxygens (including phenoxy) is 2. The van der Waals surface area contributed by atoms with Crippen molar-refractivity contribution in [1.29, 1.82) is 0 Å². The molecule has 0 unspecified atom stereocenters. The van der Waals surface area contributed by atoms with Gasteiger partial charge in [-0.05, 0) is 42.5 Å². The van der Waals surface area contributed by atoms with E-state index in [0.29, 0.717) is 38.9 Å². The van der Waals surface area contributed by atoms with Gasteiger partial charge in [-0.1, -0.05) is 66.2 Å². The number of carbonyl (C=O) groups is 2. The number of methoxy groups -OCH3 is 1. The van der Waals surface area contributed by atoms with Crippen molar-refractivity contribution in [3.8, 4) is 22.6 Å². The molecule has 7 nitrogen and oxygen atoms in total. The van der Waals surface area contributed by atoms with Gasteiger partial charge in [0.05, 0.1) is 18.9 Å². The number of benzene rings is 4. The highest BCUT2D eigenvalue weighted by atomic mass is 35.5. The van der Waals surface area contributed by atoms with Crippen LogP contribution >= 0.6 is 11.6 Å². The minimum atomic E-state index is -0.545. The third-order valence-corrected chi connectivity index (χ3v) is 6.20. The quantitative estimate of drug-likeness (QED) is 0.110. The first kappa shape index (κ1) is 24.8. The Kier molecular flexibility index (Phi) is 7.19. The van der Waals surface area contributed by atoms with Crippen LogP contribution < -0.4 is 14.9 Å². The number of fused-ring (bicyclic) bond motifs is 1. The lowest BCUT2D eigenvalue weighted by atomic mass is 10.0. The highest BCUT2D eigenvalue weighted by Gasteiger charge is 2.20. The predicted octanol–water partition coefficient (Wildman–Crippen LogP) is 6.48. The van der Waals surface area contributed by atoms with E-state index in [9.17, 15) is 9.59 Å². The molecular weight excluding hydrogens is 502 g/mol. The van der Waals surface area contributed by atoms with Gasteiger partial charge in [-0.3, -0.25) is 4.79 Å². The topological polar surface area (TPSA) is 92.8 Å². The molecule has 1 heterocycles. The summed E-state index contributed by atoms with van der Waals surface area (Å²) in [5.41, 5.74) is 5.96. The van der Waals surface area contributed by atoms with Crippen LogP contribution in [0.25, 0.3) is 22.0 Å². The number of hydrogen-bond acceptors (Lipinski definition) is 5. The van der Waals surface area contributed by atoms with E-state index in [0.717, 1.165) is 16.5 Å². The van der Waals surface area contributed by atoms with Gasteiger partial charge in [0.1, 0.15) is 17.2 Å². The summed E-state index contributed by atoms with van der Waals surface area (Å²) in [5.74, 6) is -0.152. The maximum atomic E-state index is 13.2. The van der Waals surface area contributed by atoms with Crippen molar-refractivity contribution >= 4 is 40.6 Å². The molecule has 0 saturated heterocycles. The summed E-state index contributed by atoms with van der Waals surface area (Å²) >= 11 is 6.47. The lowest BCUT2D eigenvalue weighted by Crippen LogP contribution is -2.19. The molecule has 8 heteroatoms. The molecule has 0 atom stereocenters. The van der Waals surface area contributed by atoms with Gasteiger partial charge in [-0.25, -0.2) is 10.2 Å². The van der Waals surface area contributed by atoms with Gasteiger partial charge in [0.2, 0.25) is 0 Å². The number of hydrogen-bond donors (Lipinski definition) is 2. The van der Waals surface area contributed by atoms with Crippen molar-refractivity contribution in [2.45, 2.75) is 0 Å². The Bertz CT molecular complexity index is 1680. The lowest BCUT2D eigenvalue weighted by Gasteiger charge is -2.08. The van der Waals surface area contributed by atoms with Gasteiger partial charge in [0.15, 0.2) is 0 Å². The summed E-state index contributed by atoms with van der Waals surface area (Å²) in [4.78, 5) is 29.1. The number of H-pyrrole nitrogens is 1. The van der Waals surface area contributed by atoms with Gasteiger partial charge < -0.3 is 14.5 Å². The molecule has 0 aliphatic carbocycles. The normalized spacial score (nSPS) is 11.0. The third-order valence-electron chi connectivity index (χ3n) is 5.87. The molecule has 0 saturated carbocycles. The van der Waals surface area contributed by atoms with Crippen molar-refractivity contribution in [3.05, 3.63) is 119 Å². The standard InChI is InChI=1S/C30H22ClN3O4/c1-37-21-11-8-10-19(17-21)30(36)38-26-16-7-2-9-20(26)18-32-34-29(35)28-27(22-12-3-5-14-24(22)31)23-13-4-6-15-25(23)33-28/h2-18,33H,1H3,(H,34,35). The summed E-state index contributed by atoms with van der Waals surface area (Å²) in [6.45, 7) is 0. The number of aromatic nitrogens is 1. The van der Waals surface area contributed by atoms with Crippen molar-refractivity contribution in [1.82, 2.24) is 10.4 Å². The molecular formula is C30H22ClN3O4. The molecule has 1 amide bonds. The zero-order valence-electron chi connectivity index (χ0n) is 20.3. The number of rotatable bonds is 7. The van der Waals surface area contributed by atoms with Crippen molar-refractivity contribution in [2.75, 3.05) is 7.11 Å². The van der Waals surface area contributed by atoms with E-state index in [1.54, 1.807) is 54.6 Å². The Hall–Kier alpha value is -4.88. The molecule has 188 valence electrons. The van der Waals surface area contributed by atoms with Crippen LogP contribution in [-0.4, -0.2) is 30.2 Å². The minimum absolute atomic E-state index is 0.292. The Labute approximate surface area is 223 Å². The van der Waals surface area contributed by atoms with Crippen molar-refractivity contribution in [3.63, 3.8) is 0 Å². The maximum Gasteiger partial charge on any atom is 0.343 e. The first-order valence-electron chi connectivity index (χ1n) is 11.7. The zero-order chi connectivity index (χ0) is 26.5. The first-order chi connectivity index (χ1) is 18.5. The number of halogens is 1. The number of esters is 1. The van der Waals surface area contributed by atoms with Crippen LogP contribution in [0.5, 0.6) is 11.5 Å². The molecule has 0 fully saturated rings. The number of carbonyl (C=O) groups excluding carboxylic acids is 2. The summed E-state index contributed by atoms with van der Waals surface area (Å²) in [7, 11) is 1.53. The molecule has 5 aromatic rings. The average Bonchev–Trinajstić information content (AvgIpc) is 3.34. The van der Waals surface area contributed by atoms with Gasteiger partial charge in [-0.2, -0.15) is 5.10 Å². The number of para-hydroxylation sites is 2. The van der Waals surface area contributed by atoms with Crippen LogP contribution in [0.3, 0.4) is 0 Å². The number of nitrogens with zero attached hydrogens (tertiary/aromatic N) is 1. The molecule has 0 aliphatic rings. The number of nitrogens with one attached hydrogen (secondary N) is 2. The van der Waals surface area contributed by atoms with E-state index >= 15 is 0 Å². The van der Waals surface area contributed by atoms with Gasteiger partial charge in [0, 0.05) is 32.6 Å². The van der Waals surface area contributed by atoms with E-state index in [2.05, 4.69) is 15.5 Å². The summed E-state index contributed by atoms with van der Waals surface area (Å²) in [6, 6.07) is 28.5. The van der Waals surface area contributed by atoms with Crippen LogP contribution in [-0.2, 0) is 0 Å². The Balaban J connectivity index is 1.38. The van der Waals surface area contributed by atoms with Crippen molar-refractivity contribution in [2.24, 2.45) is 5.10 Å². The molecule has 0 spiro atoms. The molecule has 38 heavy (non-hydrogen) atoms. The van der Waals surface area contributed by atoms with Gasteiger partial charge in [0.25, 0.3) is 5.91 Å². The predicted molar refractivity (Wildman–Crippen MR) is 148 cm³/mol. The summed E-state index contributed by atoms with van der Waals surface area (Å²) in [5, 5.41) is 5.52. The van der Waals surface area contributed by atoms with Crippen LogP contribution in [0.15, 0.2) is 102 Å². The largest absolute Gasteiger partial charge is 0.497 e. The molecule has 0 aliphatic heterocycles. The molecule has 0 bridgehead atoms. The Morgan fingerprint density at radius 1 is 0.921 bits per heavy atom. The number of hydrazone groups is 1.